The second kappa shape index (κ2) is 6.73. The Morgan fingerprint density at radius 2 is 1.83 bits per heavy atom. The molecule has 0 saturated heterocycles. The predicted molar refractivity (Wildman–Crippen MR) is 111 cm³/mol. The summed E-state index contributed by atoms with van der Waals surface area (Å²) in [7, 11) is -0.606. The monoisotopic (exact) mass is 415 g/mol. The molecule has 0 fully saturated rings. The van der Waals surface area contributed by atoms with Crippen molar-refractivity contribution in [3.8, 4) is 0 Å². The molecule has 2 aromatic heterocycles. The van der Waals surface area contributed by atoms with Crippen LogP contribution in [0.5, 0.6) is 0 Å². The third-order valence-corrected chi connectivity index (χ3v) is 7.19. The van der Waals surface area contributed by atoms with Crippen LogP contribution in [0.15, 0.2) is 51.0 Å². The van der Waals surface area contributed by atoms with Gasteiger partial charge < -0.3 is 4.90 Å². The molecule has 1 atom stereocenters. The number of sulfonamides is 1. The Labute approximate surface area is 167 Å². The maximum absolute atomic E-state index is 13.6. The minimum Gasteiger partial charge on any atom is -0.373 e. The van der Waals surface area contributed by atoms with Gasteiger partial charge in [-0.2, -0.15) is 0 Å². The fourth-order valence-corrected chi connectivity index (χ4v) is 5.34. The first-order valence-electron chi connectivity index (χ1n) is 9.15. The second-order valence-corrected chi connectivity index (χ2v) is 9.02. The summed E-state index contributed by atoms with van der Waals surface area (Å²) in [4.78, 5) is 32.2. The van der Waals surface area contributed by atoms with Gasteiger partial charge in [0.1, 0.15) is 10.5 Å². The van der Waals surface area contributed by atoms with Crippen molar-refractivity contribution in [1.82, 2.24) is 14.5 Å². The van der Waals surface area contributed by atoms with Gasteiger partial charge in [0.15, 0.2) is 0 Å². The lowest BCUT2D eigenvalue weighted by Crippen LogP contribution is -2.38. The van der Waals surface area contributed by atoms with Crippen LogP contribution in [0.3, 0.4) is 0 Å². The molecule has 1 N–H and O–H groups in total. The fourth-order valence-electron chi connectivity index (χ4n) is 3.67. The number of fused-ring (bicyclic) bond motifs is 2. The summed E-state index contributed by atoms with van der Waals surface area (Å²) in [6.45, 7) is 2.57. The Morgan fingerprint density at radius 3 is 2.55 bits per heavy atom. The van der Waals surface area contributed by atoms with Crippen molar-refractivity contribution in [3.63, 3.8) is 0 Å². The number of aryl methyl sites for hydroxylation is 1. The van der Waals surface area contributed by atoms with Gasteiger partial charge >= 0.3 is 5.69 Å². The van der Waals surface area contributed by atoms with Crippen molar-refractivity contribution in [1.29, 1.82) is 0 Å². The molecule has 0 amide bonds. The van der Waals surface area contributed by atoms with E-state index in [1.54, 1.807) is 12.1 Å². The van der Waals surface area contributed by atoms with E-state index in [1.165, 1.54) is 28.2 Å². The van der Waals surface area contributed by atoms with Gasteiger partial charge in [-0.1, -0.05) is 12.1 Å². The topological polar surface area (TPSA) is 108 Å². The van der Waals surface area contributed by atoms with Gasteiger partial charge in [-0.05, 0) is 31.5 Å². The van der Waals surface area contributed by atoms with Crippen molar-refractivity contribution < 1.29 is 8.42 Å². The van der Waals surface area contributed by atoms with Gasteiger partial charge in [0.2, 0.25) is 0 Å². The lowest BCUT2D eigenvalue weighted by Gasteiger charge is -2.29. The molecule has 9 nitrogen and oxygen atoms in total. The number of hydrogen-bond acceptors (Lipinski definition) is 6. The number of H-pyrrole nitrogens is 1. The molecule has 0 aliphatic carbocycles. The average molecular weight is 415 g/mol. The summed E-state index contributed by atoms with van der Waals surface area (Å²) < 4.78 is 29.8. The Balaban J connectivity index is 1.94. The molecule has 0 bridgehead atoms. The van der Waals surface area contributed by atoms with Crippen molar-refractivity contribution in [2.24, 2.45) is 7.05 Å². The summed E-state index contributed by atoms with van der Waals surface area (Å²) in [5.74, 6) is 0. The zero-order valence-corrected chi connectivity index (χ0v) is 17.1. The van der Waals surface area contributed by atoms with Gasteiger partial charge in [-0.25, -0.2) is 18.2 Å². The molecular formula is C19H21N5O4S. The minimum absolute atomic E-state index is 0.0426. The predicted octanol–water partition coefficient (Wildman–Crippen LogP) is 1.05. The minimum atomic E-state index is -4.00. The molecule has 10 heteroatoms. The summed E-state index contributed by atoms with van der Waals surface area (Å²) in [6.07, 6.45) is 1.83. The normalized spacial score (nSPS) is 17.3. The quantitative estimate of drug-likeness (QED) is 0.670. The number of para-hydroxylation sites is 2. The Morgan fingerprint density at radius 1 is 1.14 bits per heavy atom. The second-order valence-electron chi connectivity index (χ2n) is 7.21. The number of hydrogen-bond donors (Lipinski definition) is 1. The molecule has 0 unspecified atom stereocenters. The average Bonchev–Trinajstić information content (AvgIpc) is 2.82. The van der Waals surface area contributed by atoms with E-state index in [2.05, 4.69) is 9.97 Å². The zero-order valence-electron chi connectivity index (χ0n) is 16.3. The number of aromatic amines is 1. The standard InChI is InChI=1S/C19H21N5O4S/c1-12-8-9-22(2)15-6-4-5-7-16(15)24(12)29(27,28)13-10-14-17(20-11-13)23(3)19(26)21-18(14)25/h4-7,10-12H,8-9H2,1-3H3,(H,21,25,26)/t12-/m1/s1. The van der Waals surface area contributed by atoms with E-state index in [0.29, 0.717) is 18.7 Å². The summed E-state index contributed by atoms with van der Waals surface area (Å²) in [5.41, 5.74) is 0.242. The van der Waals surface area contributed by atoms with Crippen molar-refractivity contribution >= 4 is 32.4 Å². The van der Waals surface area contributed by atoms with Crippen molar-refractivity contribution in [2.75, 3.05) is 22.8 Å². The highest BCUT2D eigenvalue weighted by atomic mass is 32.2. The Hall–Kier alpha value is -3.14. The van der Waals surface area contributed by atoms with Crippen LogP contribution in [0, 0.1) is 0 Å². The van der Waals surface area contributed by atoms with Crippen LogP contribution >= 0.6 is 0 Å². The smallest absolute Gasteiger partial charge is 0.329 e. The molecule has 1 aliphatic heterocycles. The molecule has 3 heterocycles. The number of anilines is 2. The first kappa shape index (κ1) is 19.2. The molecule has 0 radical (unpaired) electrons. The SMILES string of the molecule is C[C@@H]1CCN(C)c2ccccc2N1S(=O)(=O)c1cnc2c(c1)c(=O)[nH]c(=O)n2C. The highest BCUT2D eigenvalue weighted by Gasteiger charge is 2.34. The lowest BCUT2D eigenvalue weighted by molar-refractivity contribution is 0.574. The first-order chi connectivity index (χ1) is 13.7. The number of rotatable bonds is 2. The van der Waals surface area contributed by atoms with Crippen molar-refractivity contribution in [2.45, 2.75) is 24.3 Å². The van der Waals surface area contributed by atoms with Gasteiger partial charge in [-0.15, -0.1) is 0 Å². The van der Waals surface area contributed by atoms with E-state index in [1.807, 2.05) is 31.0 Å². The van der Waals surface area contributed by atoms with E-state index >= 15 is 0 Å². The van der Waals surface area contributed by atoms with Crippen molar-refractivity contribution in [3.05, 3.63) is 57.4 Å². The maximum Gasteiger partial charge on any atom is 0.329 e. The van der Waals surface area contributed by atoms with Gasteiger partial charge in [-0.3, -0.25) is 18.7 Å². The third kappa shape index (κ3) is 3.00. The van der Waals surface area contributed by atoms with Crippen LogP contribution in [0.2, 0.25) is 0 Å². The number of nitrogens with zero attached hydrogens (tertiary/aromatic N) is 4. The van der Waals surface area contributed by atoms with Crippen LogP contribution in [0.4, 0.5) is 11.4 Å². The number of nitrogens with one attached hydrogen (secondary N) is 1. The molecule has 0 spiro atoms. The molecule has 1 aromatic carbocycles. The van der Waals surface area contributed by atoms with Gasteiger partial charge in [0.25, 0.3) is 15.6 Å². The first-order valence-corrected chi connectivity index (χ1v) is 10.6. The highest BCUT2D eigenvalue weighted by molar-refractivity contribution is 7.92. The van der Waals surface area contributed by atoms with E-state index < -0.39 is 21.3 Å². The van der Waals surface area contributed by atoms with Gasteiger partial charge in [0.05, 0.1) is 16.8 Å². The van der Waals surface area contributed by atoms with Crippen LogP contribution in [0.25, 0.3) is 11.0 Å². The molecule has 1 aliphatic rings. The molecule has 3 aromatic rings. The Bertz CT molecular complexity index is 1330. The van der Waals surface area contributed by atoms with Crippen LogP contribution < -0.4 is 20.5 Å². The maximum atomic E-state index is 13.6. The summed E-state index contributed by atoms with van der Waals surface area (Å²) in [6, 6.07) is 8.31. The van der Waals surface area contributed by atoms with Crippen LogP contribution in [-0.4, -0.2) is 42.6 Å². The van der Waals surface area contributed by atoms with E-state index in [-0.39, 0.29) is 22.0 Å². The summed E-state index contributed by atoms with van der Waals surface area (Å²) >= 11 is 0. The lowest BCUT2D eigenvalue weighted by atomic mass is 10.2. The van der Waals surface area contributed by atoms with Gasteiger partial charge in [0, 0.05) is 32.9 Å². The number of pyridine rings is 1. The number of benzene rings is 1. The van der Waals surface area contributed by atoms with E-state index in [4.69, 9.17) is 0 Å². The molecule has 0 saturated carbocycles. The molecule has 4 rings (SSSR count). The van der Waals surface area contributed by atoms with Crippen LogP contribution in [0.1, 0.15) is 13.3 Å². The Kier molecular flexibility index (Phi) is 4.45. The van der Waals surface area contributed by atoms with Crippen LogP contribution in [-0.2, 0) is 17.1 Å². The summed E-state index contributed by atoms with van der Waals surface area (Å²) in [5, 5.41) is 0.0426. The highest BCUT2D eigenvalue weighted by Crippen LogP contribution is 2.37. The fraction of sp³-hybridized carbons (Fsp3) is 0.316. The molecule has 152 valence electrons. The number of aromatic nitrogens is 3. The largest absolute Gasteiger partial charge is 0.373 e. The molecule has 29 heavy (non-hydrogen) atoms. The van der Waals surface area contributed by atoms with E-state index in [9.17, 15) is 18.0 Å². The third-order valence-electron chi connectivity index (χ3n) is 5.30. The van der Waals surface area contributed by atoms with E-state index in [0.717, 1.165) is 5.69 Å². The molecular weight excluding hydrogens is 394 g/mol. The zero-order chi connectivity index (χ0) is 20.9.